The van der Waals surface area contributed by atoms with Gasteiger partial charge in [0.05, 0.1) is 11.4 Å². The van der Waals surface area contributed by atoms with Gasteiger partial charge in [-0.25, -0.2) is 8.78 Å². The molecule has 0 radical (unpaired) electrons. The molecule has 6 N–H and O–H groups in total. The van der Waals surface area contributed by atoms with Crippen molar-refractivity contribution >= 4 is 11.4 Å². The summed E-state index contributed by atoms with van der Waals surface area (Å²) >= 11 is 0. The molecule has 0 aliphatic carbocycles. The summed E-state index contributed by atoms with van der Waals surface area (Å²) in [5.74, 6) is -2.13. The van der Waals surface area contributed by atoms with E-state index in [1.807, 2.05) is 0 Å². The monoisotopic (exact) mass is 266 g/mol. The van der Waals surface area contributed by atoms with Crippen molar-refractivity contribution < 1.29 is 19.0 Å². The lowest BCUT2D eigenvalue weighted by Gasteiger charge is -2.09. The predicted octanol–water partition coefficient (Wildman–Crippen LogP) is 2.13. The summed E-state index contributed by atoms with van der Waals surface area (Å²) in [6, 6.07) is 4.19. The van der Waals surface area contributed by atoms with Crippen LogP contribution in [0.4, 0.5) is 20.2 Å². The molecule has 0 aromatic heterocycles. The third-order valence-corrected chi connectivity index (χ3v) is 2.77. The standard InChI is InChI=1S/C13H12F2N2O2/c14-8-4-12(18)10(16)2-6(8)1-7-3-11(17)13(19)5-9(7)15/h2-5,18-19H,1,16-17H2. The molecule has 2 aromatic rings. The van der Waals surface area contributed by atoms with Gasteiger partial charge in [0.15, 0.2) is 0 Å². The maximum atomic E-state index is 13.6. The van der Waals surface area contributed by atoms with E-state index in [-0.39, 0.29) is 40.4 Å². The molecule has 0 atom stereocenters. The minimum Gasteiger partial charge on any atom is -0.506 e. The lowest BCUT2D eigenvalue weighted by atomic mass is 10.0. The lowest BCUT2D eigenvalue weighted by Crippen LogP contribution is -2.00. The van der Waals surface area contributed by atoms with Crippen LogP contribution in [0.25, 0.3) is 0 Å². The molecule has 0 saturated heterocycles. The number of hydrogen-bond donors (Lipinski definition) is 4. The lowest BCUT2D eigenvalue weighted by molar-refractivity contribution is 0.470. The maximum Gasteiger partial charge on any atom is 0.141 e. The number of nitrogen functional groups attached to an aromatic ring is 2. The molecule has 2 aromatic carbocycles. The second kappa shape index (κ2) is 4.64. The Morgan fingerprint density at radius 2 is 1.16 bits per heavy atom. The van der Waals surface area contributed by atoms with Crippen LogP contribution in [0.2, 0.25) is 0 Å². The molecule has 0 spiro atoms. The fourth-order valence-electron chi connectivity index (χ4n) is 1.73. The van der Waals surface area contributed by atoms with Crippen LogP contribution in [0, 0.1) is 11.6 Å². The average Bonchev–Trinajstić information content (AvgIpc) is 2.32. The molecule has 100 valence electrons. The molecule has 0 heterocycles. The van der Waals surface area contributed by atoms with Gasteiger partial charge >= 0.3 is 0 Å². The van der Waals surface area contributed by atoms with Gasteiger partial charge in [0.2, 0.25) is 0 Å². The summed E-state index contributed by atoms with van der Waals surface area (Å²) in [5, 5.41) is 18.5. The van der Waals surface area contributed by atoms with Gasteiger partial charge in [-0.15, -0.1) is 0 Å². The van der Waals surface area contributed by atoms with E-state index in [9.17, 15) is 19.0 Å². The molecule has 4 nitrogen and oxygen atoms in total. The SMILES string of the molecule is Nc1cc(Cc2cc(N)c(O)cc2F)c(F)cc1O. The minimum absolute atomic E-state index is 0.00329. The minimum atomic E-state index is -0.697. The van der Waals surface area contributed by atoms with Crippen LogP contribution in [-0.2, 0) is 6.42 Å². The Bertz CT molecular complexity index is 590. The smallest absolute Gasteiger partial charge is 0.141 e. The zero-order chi connectivity index (χ0) is 14.2. The average molecular weight is 266 g/mol. The molecule has 0 amide bonds. The van der Waals surface area contributed by atoms with Gasteiger partial charge < -0.3 is 21.7 Å². The van der Waals surface area contributed by atoms with E-state index in [0.717, 1.165) is 12.1 Å². The van der Waals surface area contributed by atoms with Crippen molar-refractivity contribution in [1.82, 2.24) is 0 Å². The van der Waals surface area contributed by atoms with E-state index < -0.39 is 11.6 Å². The molecule has 0 unspecified atom stereocenters. The van der Waals surface area contributed by atoms with Crippen LogP contribution < -0.4 is 11.5 Å². The number of anilines is 2. The quantitative estimate of drug-likeness (QED) is 0.495. The van der Waals surface area contributed by atoms with E-state index >= 15 is 0 Å². The van der Waals surface area contributed by atoms with Crippen molar-refractivity contribution in [2.45, 2.75) is 6.42 Å². The van der Waals surface area contributed by atoms with Crippen molar-refractivity contribution in [1.29, 1.82) is 0 Å². The highest BCUT2D eigenvalue weighted by Crippen LogP contribution is 2.29. The van der Waals surface area contributed by atoms with Gasteiger partial charge in [0.1, 0.15) is 23.1 Å². The zero-order valence-corrected chi connectivity index (χ0v) is 9.82. The number of halogens is 2. The molecule has 0 aliphatic rings. The van der Waals surface area contributed by atoms with E-state index in [1.54, 1.807) is 0 Å². The van der Waals surface area contributed by atoms with Crippen LogP contribution in [0.1, 0.15) is 11.1 Å². The Balaban J connectivity index is 2.42. The number of rotatable bonds is 2. The van der Waals surface area contributed by atoms with Crippen molar-refractivity contribution in [3.05, 3.63) is 47.0 Å². The van der Waals surface area contributed by atoms with Crippen LogP contribution in [-0.4, -0.2) is 10.2 Å². The van der Waals surface area contributed by atoms with E-state index in [0.29, 0.717) is 0 Å². The number of benzene rings is 2. The molecule has 19 heavy (non-hydrogen) atoms. The fourth-order valence-corrected chi connectivity index (χ4v) is 1.73. The molecule has 0 saturated carbocycles. The Hall–Kier alpha value is -2.50. The van der Waals surface area contributed by atoms with Crippen LogP contribution in [0.5, 0.6) is 11.5 Å². The van der Waals surface area contributed by atoms with E-state index in [1.165, 1.54) is 12.1 Å². The first-order chi connectivity index (χ1) is 8.88. The first-order valence-electron chi connectivity index (χ1n) is 5.42. The summed E-state index contributed by atoms with van der Waals surface area (Å²) < 4.78 is 27.2. The Morgan fingerprint density at radius 1 is 0.789 bits per heavy atom. The van der Waals surface area contributed by atoms with E-state index in [4.69, 9.17) is 11.5 Å². The molecule has 0 bridgehead atoms. The van der Waals surface area contributed by atoms with Crippen LogP contribution >= 0.6 is 0 Å². The molecular formula is C13H12F2N2O2. The molecule has 0 aliphatic heterocycles. The molecule has 0 fully saturated rings. The topological polar surface area (TPSA) is 92.5 Å². The second-order valence-electron chi connectivity index (χ2n) is 4.18. The van der Waals surface area contributed by atoms with Crippen molar-refractivity contribution in [2.24, 2.45) is 0 Å². The van der Waals surface area contributed by atoms with Crippen LogP contribution in [0.15, 0.2) is 24.3 Å². The summed E-state index contributed by atoms with van der Waals surface area (Å²) in [4.78, 5) is 0. The third kappa shape index (κ3) is 2.52. The zero-order valence-electron chi connectivity index (χ0n) is 9.82. The fraction of sp³-hybridized carbons (Fsp3) is 0.0769. The maximum absolute atomic E-state index is 13.6. The van der Waals surface area contributed by atoms with E-state index in [2.05, 4.69) is 0 Å². The molecular weight excluding hydrogens is 254 g/mol. The number of phenolic OH excluding ortho intramolecular Hbond substituents is 2. The molecule has 6 heteroatoms. The summed E-state index contributed by atoms with van der Waals surface area (Å²) in [6.45, 7) is 0. The van der Waals surface area contributed by atoms with Crippen molar-refractivity contribution in [3.8, 4) is 11.5 Å². The Kier molecular flexibility index (Phi) is 3.16. The number of hydrogen-bond acceptors (Lipinski definition) is 4. The first-order valence-corrected chi connectivity index (χ1v) is 5.42. The van der Waals surface area contributed by atoms with Crippen LogP contribution in [0.3, 0.4) is 0 Å². The van der Waals surface area contributed by atoms with Crippen molar-refractivity contribution in [2.75, 3.05) is 11.5 Å². The summed E-state index contributed by atoms with van der Waals surface area (Å²) in [5.41, 5.74) is 11.2. The highest BCUT2D eigenvalue weighted by Gasteiger charge is 2.12. The third-order valence-electron chi connectivity index (χ3n) is 2.77. The van der Waals surface area contributed by atoms with Gasteiger partial charge in [-0.05, 0) is 23.3 Å². The summed E-state index contributed by atoms with van der Waals surface area (Å²) in [6.07, 6.45) is -0.0906. The van der Waals surface area contributed by atoms with Gasteiger partial charge in [0.25, 0.3) is 0 Å². The number of phenols is 2. The Labute approximate surface area is 107 Å². The largest absolute Gasteiger partial charge is 0.506 e. The molecule has 2 rings (SSSR count). The number of nitrogens with two attached hydrogens (primary N) is 2. The van der Waals surface area contributed by atoms with Crippen molar-refractivity contribution in [3.63, 3.8) is 0 Å². The van der Waals surface area contributed by atoms with Gasteiger partial charge in [-0.2, -0.15) is 0 Å². The van der Waals surface area contributed by atoms with Gasteiger partial charge in [0, 0.05) is 18.6 Å². The number of aromatic hydroxyl groups is 2. The van der Waals surface area contributed by atoms with Gasteiger partial charge in [-0.1, -0.05) is 0 Å². The normalized spacial score (nSPS) is 10.6. The van der Waals surface area contributed by atoms with Gasteiger partial charge in [-0.3, -0.25) is 0 Å². The Morgan fingerprint density at radius 3 is 1.53 bits per heavy atom. The second-order valence-corrected chi connectivity index (χ2v) is 4.18. The summed E-state index contributed by atoms with van der Waals surface area (Å²) in [7, 11) is 0. The highest BCUT2D eigenvalue weighted by atomic mass is 19.1. The predicted molar refractivity (Wildman–Crippen MR) is 67.8 cm³/mol. The first kappa shape index (κ1) is 12.9. The highest BCUT2D eigenvalue weighted by molar-refractivity contribution is 5.57.